The van der Waals surface area contributed by atoms with E-state index in [0.717, 1.165) is 36.6 Å². The zero-order chi connectivity index (χ0) is 12.5. The maximum Gasteiger partial charge on any atom is 0.118 e. The third kappa shape index (κ3) is 3.15. The molecule has 2 aliphatic carbocycles. The van der Waals surface area contributed by atoms with Gasteiger partial charge in [-0.25, -0.2) is 0 Å². The van der Waals surface area contributed by atoms with Crippen LogP contribution >= 0.6 is 0 Å². The van der Waals surface area contributed by atoms with Crippen LogP contribution in [0.15, 0.2) is 16.5 Å². The van der Waals surface area contributed by atoms with Gasteiger partial charge in [0.05, 0.1) is 13.1 Å². The van der Waals surface area contributed by atoms with Crippen LogP contribution in [0.5, 0.6) is 0 Å². The molecule has 0 aliphatic heterocycles. The van der Waals surface area contributed by atoms with Crippen LogP contribution in [0, 0.1) is 5.92 Å². The van der Waals surface area contributed by atoms with E-state index >= 15 is 0 Å². The molecule has 3 nitrogen and oxygen atoms in total. The summed E-state index contributed by atoms with van der Waals surface area (Å²) in [7, 11) is 2.20. The van der Waals surface area contributed by atoms with Gasteiger partial charge in [0.1, 0.15) is 11.5 Å². The van der Waals surface area contributed by atoms with Gasteiger partial charge >= 0.3 is 0 Å². The van der Waals surface area contributed by atoms with E-state index in [9.17, 15) is 0 Å². The Labute approximate surface area is 110 Å². The number of furan rings is 1. The molecule has 2 fully saturated rings. The van der Waals surface area contributed by atoms with Crippen molar-refractivity contribution in [2.75, 3.05) is 7.05 Å². The molecule has 0 aromatic carbocycles. The fourth-order valence-electron chi connectivity index (χ4n) is 2.46. The Morgan fingerprint density at radius 3 is 2.67 bits per heavy atom. The summed E-state index contributed by atoms with van der Waals surface area (Å²) < 4.78 is 5.88. The first kappa shape index (κ1) is 12.2. The van der Waals surface area contributed by atoms with Gasteiger partial charge in [-0.3, -0.25) is 4.90 Å². The lowest BCUT2D eigenvalue weighted by Crippen LogP contribution is -2.30. The van der Waals surface area contributed by atoms with Crippen LogP contribution in [0.2, 0.25) is 0 Å². The topological polar surface area (TPSA) is 28.4 Å². The predicted octanol–water partition coefficient (Wildman–Crippen LogP) is 2.76. The minimum absolute atomic E-state index is 0.683. The lowest BCUT2D eigenvalue weighted by Gasteiger charge is -2.23. The summed E-state index contributed by atoms with van der Waals surface area (Å²) in [5.74, 6) is 3.09. The van der Waals surface area contributed by atoms with Crippen LogP contribution < -0.4 is 5.32 Å². The van der Waals surface area contributed by atoms with E-state index in [1.165, 1.54) is 25.7 Å². The van der Waals surface area contributed by atoms with Crippen molar-refractivity contribution in [2.45, 2.75) is 57.8 Å². The van der Waals surface area contributed by atoms with Crippen LogP contribution in [0.4, 0.5) is 0 Å². The number of nitrogens with zero attached hydrogens (tertiary/aromatic N) is 1. The number of hydrogen-bond acceptors (Lipinski definition) is 3. The Balaban J connectivity index is 1.48. The highest BCUT2D eigenvalue weighted by Crippen LogP contribution is 2.35. The van der Waals surface area contributed by atoms with Gasteiger partial charge in [-0.05, 0) is 57.7 Å². The number of rotatable bonds is 7. The van der Waals surface area contributed by atoms with Gasteiger partial charge in [0.25, 0.3) is 0 Å². The molecular formula is C15H24N2O. The maximum absolute atomic E-state index is 5.88. The molecule has 2 saturated carbocycles. The average Bonchev–Trinajstić information content (AvgIpc) is 3.26. The molecule has 2 aliphatic rings. The van der Waals surface area contributed by atoms with Crippen LogP contribution in [-0.4, -0.2) is 24.0 Å². The molecule has 0 bridgehead atoms. The van der Waals surface area contributed by atoms with E-state index < -0.39 is 0 Å². The van der Waals surface area contributed by atoms with Crippen molar-refractivity contribution >= 4 is 0 Å². The van der Waals surface area contributed by atoms with E-state index in [4.69, 9.17) is 4.42 Å². The van der Waals surface area contributed by atoms with E-state index in [1.54, 1.807) is 0 Å². The van der Waals surface area contributed by atoms with Crippen molar-refractivity contribution in [2.24, 2.45) is 5.92 Å². The molecular weight excluding hydrogens is 224 g/mol. The summed E-state index contributed by atoms with van der Waals surface area (Å²) in [4.78, 5) is 2.41. The van der Waals surface area contributed by atoms with Crippen molar-refractivity contribution in [1.82, 2.24) is 10.2 Å². The SMILES string of the molecule is CC(C1CC1)N(C)Cc1ccc(CNC2CC2)o1. The monoisotopic (exact) mass is 248 g/mol. The van der Waals surface area contributed by atoms with Crippen molar-refractivity contribution in [3.8, 4) is 0 Å². The minimum atomic E-state index is 0.683. The van der Waals surface area contributed by atoms with E-state index in [2.05, 4.69) is 36.3 Å². The summed E-state index contributed by atoms with van der Waals surface area (Å²) in [6, 6.07) is 5.67. The van der Waals surface area contributed by atoms with Crippen molar-refractivity contribution < 1.29 is 4.42 Å². The third-order valence-electron chi connectivity index (χ3n) is 4.26. The molecule has 0 spiro atoms. The Morgan fingerprint density at radius 1 is 1.28 bits per heavy atom. The van der Waals surface area contributed by atoms with Crippen LogP contribution in [0.3, 0.4) is 0 Å². The number of nitrogens with one attached hydrogen (secondary N) is 1. The fraction of sp³-hybridized carbons (Fsp3) is 0.733. The Morgan fingerprint density at radius 2 is 2.00 bits per heavy atom. The fourth-order valence-corrected chi connectivity index (χ4v) is 2.46. The molecule has 0 saturated heterocycles. The lowest BCUT2D eigenvalue weighted by molar-refractivity contribution is 0.208. The Bertz CT molecular complexity index is 393. The molecule has 3 rings (SSSR count). The zero-order valence-corrected chi connectivity index (χ0v) is 11.5. The van der Waals surface area contributed by atoms with Crippen LogP contribution in [0.1, 0.15) is 44.1 Å². The smallest absolute Gasteiger partial charge is 0.118 e. The van der Waals surface area contributed by atoms with Crippen molar-refractivity contribution in [3.63, 3.8) is 0 Å². The predicted molar refractivity (Wildman–Crippen MR) is 72.2 cm³/mol. The first-order valence-electron chi connectivity index (χ1n) is 7.23. The second-order valence-electron chi connectivity index (χ2n) is 6.02. The van der Waals surface area contributed by atoms with Gasteiger partial charge < -0.3 is 9.73 Å². The summed E-state index contributed by atoms with van der Waals surface area (Å²) in [6.45, 7) is 4.14. The average molecular weight is 248 g/mol. The summed E-state index contributed by atoms with van der Waals surface area (Å²) in [6.07, 6.45) is 5.46. The molecule has 1 N–H and O–H groups in total. The molecule has 0 radical (unpaired) electrons. The minimum Gasteiger partial charge on any atom is -0.463 e. The summed E-state index contributed by atoms with van der Waals surface area (Å²) >= 11 is 0. The normalized spacial score (nSPS) is 21.5. The highest BCUT2D eigenvalue weighted by molar-refractivity contribution is 5.07. The van der Waals surface area contributed by atoms with Crippen LogP contribution in [-0.2, 0) is 13.1 Å². The van der Waals surface area contributed by atoms with Gasteiger partial charge in [0.2, 0.25) is 0 Å². The second kappa shape index (κ2) is 5.06. The van der Waals surface area contributed by atoms with Crippen molar-refractivity contribution in [3.05, 3.63) is 23.7 Å². The van der Waals surface area contributed by atoms with Gasteiger partial charge in [0, 0.05) is 12.1 Å². The third-order valence-corrected chi connectivity index (χ3v) is 4.26. The first-order valence-corrected chi connectivity index (χ1v) is 7.23. The molecule has 1 heterocycles. The quantitative estimate of drug-likeness (QED) is 0.804. The molecule has 1 aromatic rings. The van der Waals surface area contributed by atoms with E-state index in [1.807, 2.05) is 0 Å². The van der Waals surface area contributed by atoms with Gasteiger partial charge in [-0.2, -0.15) is 0 Å². The van der Waals surface area contributed by atoms with Crippen molar-refractivity contribution in [1.29, 1.82) is 0 Å². The maximum atomic E-state index is 5.88. The zero-order valence-electron chi connectivity index (χ0n) is 11.5. The highest BCUT2D eigenvalue weighted by Gasteiger charge is 2.30. The van der Waals surface area contributed by atoms with E-state index in [0.29, 0.717) is 6.04 Å². The highest BCUT2D eigenvalue weighted by atomic mass is 16.3. The van der Waals surface area contributed by atoms with Gasteiger partial charge in [-0.15, -0.1) is 0 Å². The molecule has 100 valence electrons. The van der Waals surface area contributed by atoms with Crippen LogP contribution in [0.25, 0.3) is 0 Å². The molecule has 0 amide bonds. The lowest BCUT2D eigenvalue weighted by atomic mass is 10.2. The molecule has 1 aromatic heterocycles. The number of hydrogen-bond donors (Lipinski definition) is 1. The first-order chi connectivity index (χ1) is 8.72. The summed E-state index contributed by atoms with van der Waals surface area (Å²) in [5, 5.41) is 3.48. The Kier molecular flexibility index (Phi) is 3.44. The summed E-state index contributed by atoms with van der Waals surface area (Å²) in [5.41, 5.74) is 0. The molecule has 3 heteroatoms. The second-order valence-corrected chi connectivity index (χ2v) is 6.02. The Hall–Kier alpha value is -0.800. The molecule has 1 atom stereocenters. The van der Waals surface area contributed by atoms with Gasteiger partial charge in [0.15, 0.2) is 0 Å². The van der Waals surface area contributed by atoms with Gasteiger partial charge in [-0.1, -0.05) is 0 Å². The molecule has 18 heavy (non-hydrogen) atoms. The van der Waals surface area contributed by atoms with E-state index in [-0.39, 0.29) is 0 Å². The standard InChI is InChI=1S/C15H24N2O/c1-11(12-3-4-12)17(2)10-15-8-7-14(18-15)9-16-13-5-6-13/h7-8,11-13,16H,3-6,9-10H2,1-2H3. The largest absolute Gasteiger partial charge is 0.463 e. The molecule has 1 unspecified atom stereocenters.